The summed E-state index contributed by atoms with van der Waals surface area (Å²) in [5.41, 5.74) is 0. The van der Waals surface area contributed by atoms with Crippen LogP contribution in [0, 0.1) is 0 Å². The summed E-state index contributed by atoms with van der Waals surface area (Å²) in [6, 6.07) is 7.62. The highest BCUT2D eigenvalue weighted by atomic mass is 32.2. The van der Waals surface area contributed by atoms with Crippen LogP contribution in [0.25, 0.3) is 0 Å². The number of esters is 1. The van der Waals surface area contributed by atoms with Crippen molar-refractivity contribution in [3.63, 3.8) is 0 Å². The van der Waals surface area contributed by atoms with E-state index in [-0.39, 0.29) is 16.9 Å². The molecule has 0 aromatic heterocycles. The third-order valence-electron chi connectivity index (χ3n) is 1.56. The molecule has 0 spiro atoms. The molecule has 1 aromatic rings. The topological polar surface area (TPSA) is 26.3 Å². The third kappa shape index (κ3) is 3.11. The highest BCUT2D eigenvalue weighted by molar-refractivity contribution is 7.95. The van der Waals surface area contributed by atoms with E-state index in [4.69, 9.17) is 4.74 Å². The van der Waals surface area contributed by atoms with Crippen molar-refractivity contribution in [2.75, 3.05) is 12.5 Å². The lowest BCUT2D eigenvalue weighted by molar-refractivity contribution is -0.131. The minimum absolute atomic E-state index is 0.260. The minimum Gasteiger partial charge on any atom is -0.427 e. The molecule has 0 fully saturated rings. The molecule has 0 saturated carbocycles. The normalized spacial score (nSPS) is 10.2. The van der Waals surface area contributed by atoms with Gasteiger partial charge in [0, 0.05) is 17.8 Å². The highest BCUT2D eigenvalue weighted by Crippen LogP contribution is 2.15. The average molecular weight is 197 g/mol. The summed E-state index contributed by atoms with van der Waals surface area (Å²) in [5.74, 6) is 0.335. The highest BCUT2D eigenvalue weighted by Gasteiger charge is 2.07. The van der Waals surface area contributed by atoms with E-state index < -0.39 is 0 Å². The van der Waals surface area contributed by atoms with Crippen LogP contribution in [-0.2, 0) is 15.7 Å². The Balaban J connectivity index is 2.75. The number of hydrogen-bond donors (Lipinski definition) is 0. The number of carbonyl (C=O) groups excluding carboxylic acids is 1. The summed E-state index contributed by atoms with van der Waals surface area (Å²) in [6.45, 7) is 1.40. The van der Waals surface area contributed by atoms with E-state index in [0.717, 1.165) is 0 Å². The van der Waals surface area contributed by atoms with Crippen molar-refractivity contribution >= 4 is 16.9 Å². The van der Waals surface area contributed by atoms with Crippen LogP contribution in [0.3, 0.4) is 0 Å². The van der Waals surface area contributed by atoms with Crippen molar-refractivity contribution in [3.8, 4) is 5.75 Å². The Morgan fingerprint density at radius 1 is 1.23 bits per heavy atom. The van der Waals surface area contributed by atoms with Gasteiger partial charge in [-0.15, -0.1) is 0 Å². The average Bonchev–Trinajstić information content (AvgIpc) is 2.04. The summed E-state index contributed by atoms with van der Waals surface area (Å²) in [6.07, 6.45) is 4.31. The van der Waals surface area contributed by atoms with E-state index in [2.05, 4.69) is 12.5 Å². The van der Waals surface area contributed by atoms with Gasteiger partial charge in [0.15, 0.2) is 4.90 Å². The smallest absolute Gasteiger partial charge is 0.308 e. The fraction of sp³-hybridized carbons (Fsp3) is 0.300. The zero-order valence-electron chi connectivity index (χ0n) is 8.03. The van der Waals surface area contributed by atoms with Crippen LogP contribution in [0.4, 0.5) is 0 Å². The molecule has 0 aliphatic carbocycles. The van der Waals surface area contributed by atoms with Crippen LogP contribution in [0.15, 0.2) is 29.2 Å². The largest absolute Gasteiger partial charge is 0.427 e. The third-order valence-corrected chi connectivity index (χ3v) is 2.77. The van der Waals surface area contributed by atoms with Gasteiger partial charge in [-0.25, -0.2) is 0 Å². The van der Waals surface area contributed by atoms with E-state index in [0.29, 0.717) is 5.75 Å². The second kappa shape index (κ2) is 4.33. The van der Waals surface area contributed by atoms with Gasteiger partial charge in [0.2, 0.25) is 0 Å². The predicted octanol–water partition coefficient (Wildman–Crippen LogP) is 1.85. The molecule has 13 heavy (non-hydrogen) atoms. The lowest BCUT2D eigenvalue weighted by Gasteiger charge is -2.00. The van der Waals surface area contributed by atoms with Gasteiger partial charge >= 0.3 is 5.97 Å². The van der Waals surface area contributed by atoms with Gasteiger partial charge in [-0.05, 0) is 24.3 Å². The summed E-state index contributed by atoms with van der Waals surface area (Å²) < 4.78 is 4.91. The van der Waals surface area contributed by atoms with Gasteiger partial charge in [-0.1, -0.05) is 0 Å². The molecule has 1 rings (SSSR count). The summed E-state index contributed by atoms with van der Waals surface area (Å²) in [7, 11) is 0.260. The molecule has 0 N–H and O–H groups in total. The first-order chi connectivity index (χ1) is 6.09. The maximum absolute atomic E-state index is 10.6. The first-order valence-electron chi connectivity index (χ1n) is 3.95. The standard InChI is InChI=1S/C10H13O2S/c1-8(11)12-9-4-6-10(7-5-9)13(2)3/h4-7H,1-3H3/q+1. The molecule has 0 aliphatic rings. The predicted molar refractivity (Wildman–Crippen MR) is 55.2 cm³/mol. The van der Waals surface area contributed by atoms with E-state index in [1.807, 2.05) is 24.3 Å². The molecule has 3 heteroatoms. The van der Waals surface area contributed by atoms with Crippen molar-refractivity contribution < 1.29 is 9.53 Å². The number of benzene rings is 1. The first kappa shape index (κ1) is 10.1. The summed E-state index contributed by atoms with van der Waals surface area (Å²) in [5, 5.41) is 0. The van der Waals surface area contributed by atoms with Crippen LogP contribution in [-0.4, -0.2) is 18.5 Å². The number of carbonyl (C=O) groups is 1. The van der Waals surface area contributed by atoms with Gasteiger partial charge in [0.05, 0.1) is 0 Å². The number of rotatable bonds is 2. The molecule has 2 nitrogen and oxygen atoms in total. The Hall–Kier alpha value is -0.960. The van der Waals surface area contributed by atoms with Crippen molar-refractivity contribution in [3.05, 3.63) is 24.3 Å². The molecular weight excluding hydrogens is 184 g/mol. The van der Waals surface area contributed by atoms with Gasteiger partial charge in [-0.2, -0.15) is 0 Å². The quantitative estimate of drug-likeness (QED) is 0.411. The Morgan fingerprint density at radius 2 is 1.77 bits per heavy atom. The molecule has 1 aromatic carbocycles. The summed E-state index contributed by atoms with van der Waals surface area (Å²) in [4.78, 5) is 11.9. The minimum atomic E-state index is -0.278. The Bertz CT molecular complexity index is 290. The Morgan fingerprint density at radius 3 is 2.15 bits per heavy atom. The van der Waals surface area contributed by atoms with Gasteiger partial charge in [0.1, 0.15) is 18.3 Å². The molecule has 0 bridgehead atoms. The van der Waals surface area contributed by atoms with E-state index >= 15 is 0 Å². The zero-order chi connectivity index (χ0) is 9.84. The molecule has 0 atom stereocenters. The molecule has 0 radical (unpaired) electrons. The van der Waals surface area contributed by atoms with E-state index in [1.54, 1.807) is 0 Å². The Labute approximate surface area is 81.3 Å². The Kier molecular flexibility index (Phi) is 3.37. The van der Waals surface area contributed by atoms with Gasteiger partial charge < -0.3 is 4.74 Å². The molecule has 0 amide bonds. The van der Waals surface area contributed by atoms with Crippen LogP contribution in [0.2, 0.25) is 0 Å². The molecule has 0 unspecified atom stereocenters. The van der Waals surface area contributed by atoms with Gasteiger partial charge in [0.25, 0.3) is 0 Å². The van der Waals surface area contributed by atoms with Crippen molar-refractivity contribution in [2.24, 2.45) is 0 Å². The van der Waals surface area contributed by atoms with Crippen LogP contribution in [0.5, 0.6) is 5.75 Å². The van der Waals surface area contributed by atoms with Gasteiger partial charge in [-0.3, -0.25) is 4.79 Å². The first-order valence-corrected chi connectivity index (χ1v) is 6.00. The second-order valence-corrected chi connectivity index (χ2v) is 4.99. The van der Waals surface area contributed by atoms with E-state index in [9.17, 15) is 4.79 Å². The zero-order valence-corrected chi connectivity index (χ0v) is 8.85. The molecular formula is C10H13O2S+. The molecule has 70 valence electrons. The molecule has 0 saturated heterocycles. The summed E-state index contributed by atoms with van der Waals surface area (Å²) >= 11 is 0. The van der Waals surface area contributed by atoms with Crippen LogP contribution < -0.4 is 4.74 Å². The fourth-order valence-corrected chi connectivity index (χ4v) is 1.63. The fourth-order valence-electron chi connectivity index (χ4n) is 0.946. The van der Waals surface area contributed by atoms with Crippen molar-refractivity contribution in [1.82, 2.24) is 0 Å². The maximum atomic E-state index is 10.6. The number of ether oxygens (including phenoxy) is 1. The van der Waals surface area contributed by atoms with Crippen molar-refractivity contribution in [1.29, 1.82) is 0 Å². The SMILES string of the molecule is CC(=O)Oc1ccc([S+](C)C)cc1. The maximum Gasteiger partial charge on any atom is 0.308 e. The van der Waals surface area contributed by atoms with Crippen LogP contribution >= 0.6 is 0 Å². The van der Waals surface area contributed by atoms with Crippen LogP contribution in [0.1, 0.15) is 6.92 Å². The van der Waals surface area contributed by atoms with E-state index in [1.165, 1.54) is 11.8 Å². The van der Waals surface area contributed by atoms with Crippen molar-refractivity contribution in [2.45, 2.75) is 11.8 Å². The molecule has 0 heterocycles. The lowest BCUT2D eigenvalue weighted by Crippen LogP contribution is -2.01. The second-order valence-electron chi connectivity index (χ2n) is 2.88. The lowest BCUT2D eigenvalue weighted by atomic mass is 10.3. The monoisotopic (exact) mass is 197 g/mol. The molecule has 0 aliphatic heterocycles. The number of hydrogen-bond acceptors (Lipinski definition) is 2.